The van der Waals surface area contributed by atoms with E-state index in [9.17, 15) is 52.7 Å². The lowest BCUT2D eigenvalue weighted by atomic mass is 10.3. The summed E-state index contributed by atoms with van der Waals surface area (Å²) in [6.07, 6.45) is 0. The maximum atomic E-state index is 14.4. The molecule has 0 saturated heterocycles. The van der Waals surface area contributed by atoms with Crippen LogP contribution in [0.2, 0.25) is 0 Å². The Kier molecular flexibility index (Phi) is 6.03. The quantitative estimate of drug-likeness (QED) is 0.307. The molecular formula is C18H3AlF12. The zero-order chi connectivity index (χ0) is 23.4. The number of hydrogen-bond acceptors (Lipinski definition) is 0. The van der Waals surface area contributed by atoms with Gasteiger partial charge < -0.3 is 0 Å². The first-order valence-electron chi connectivity index (χ1n) is 7.87. The first-order valence-corrected chi connectivity index (χ1v) is 9.60. The second kappa shape index (κ2) is 8.12. The Balaban J connectivity index is 2.61. The minimum absolute atomic E-state index is 0.378. The molecule has 0 bridgehead atoms. The molecule has 0 aliphatic rings. The number of rotatable bonds is 3. The molecule has 0 unspecified atom stereocenters. The minimum Gasteiger partial charge on any atom is -0.205 e. The molecule has 0 nitrogen and oxygen atoms in total. The van der Waals surface area contributed by atoms with Crippen LogP contribution in [0, 0.1) is 69.8 Å². The van der Waals surface area contributed by atoms with Crippen molar-refractivity contribution in [3.63, 3.8) is 0 Å². The third-order valence-corrected chi connectivity index (χ3v) is 7.56. The second-order valence-corrected chi connectivity index (χ2v) is 8.68. The normalized spacial score (nSPS) is 11.2. The topological polar surface area (TPSA) is 0 Å². The number of hydrogen-bond donors (Lipinski definition) is 0. The molecule has 3 aromatic carbocycles. The largest absolute Gasteiger partial charge is 0.413 e. The molecule has 0 atom stereocenters. The van der Waals surface area contributed by atoms with Crippen LogP contribution < -0.4 is 13.3 Å². The first-order chi connectivity index (χ1) is 14.4. The summed E-state index contributed by atoms with van der Waals surface area (Å²) in [6, 6.07) is -1.13. The predicted molar refractivity (Wildman–Crippen MR) is 83.5 cm³/mol. The Morgan fingerprint density at radius 3 is 0.645 bits per heavy atom. The molecule has 3 aromatic rings. The van der Waals surface area contributed by atoms with Crippen LogP contribution in [0.5, 0.6) is 0 Å². The number of benzene rings is 3. The molecule has 0 radical (unpaired) electrons. The van der Waals surface area contributed by atoms with Gasteiger partial charge in [-0.15, -0.1) is 0 Å². The van der Waals surface area contributed by atoms with E-state index in [1.165, 1.54) is 0 Å². The van der Waals surface area contributed by atoms with Crippen LogP contribution in [0.15, 0.2) is 18.2 Å². The van der Waals surface area contributed by atoms with Gasteiger partial charge in [0.15, 0.2) is 34.9 Å². The Morgan fingerprint density at radius 2 is 0.484 bits per heavy atom. The summed E-state index contributed by atoms with van der Waals surface area (Å²) in [6.45, 7) is 0. The summed E-state index contributed by atoms with van der Waals surface area (Å²) < 4.78 is 162. The summed E-state index contributed by atoms with van der Waals surface area (Å²) >= 11 is -5.40. The van der Waals surface area contributed by atoms with Crippen LogP contribution in [0.3, 0.4) is 0 Å². The zero-order valence-electron chi connectivity index (χ0n) is 14.3. The van der Waals surface area contributed by atoms with Gasteiger partial charge in [-0.3, -0.25) is 0 Å². The Hall–Kier alpha value is -2.65. The average molecular weight is 474 g/mol. The van der Waals surface area contributed by atoms with E-state index in [0.717, 1.165) is 0 Å². The van der Waals surface area contributed by atoms with E-state index in [-0.39, 0.29) is 18.2 Å². The predicted octanol–water partition coefficient (Wildman–Crippen LogP) is 3.87. The standard InChI is InChI=1S/3C6HF4.Al/c3*7-3-1-4(8)6(10)2-5(3)9;/h3*1H;. The minimum atomic E-state index is -5.40. The van der Waals surface area contributed by atoms with Crippen LogP contribution in [-0.2, 0) is 0 Å². The smallest absolute Gasteiger partial charge is 0.205 e. The SMILES string of the molecule is Fc1cc(F)c(F)[c]([Al]([c]2c(F)c(F)cc(F)c2F)[c]2c(F)c(F)cc(F)c2F)c1F. The molecular weight excluding hydrogens is 471 g/mol. The molecule has 3 rings (SSSR count). The van der Waals surface area contributed by atoms with E-state index in [0.29, 0.717) is 0 Å². The summed E-state index contributed by atoms with van der Waals surface area (Å²) in [5, 5.41) is 0. The van der Waals surface area contributed by atoms with Gasteiger partial charge in [0.05, 0.1) is 0 Å². The van der Waals surface area contributed by atoms with Gasteiger partial charge in [-0.25, -0.2) is 52.7 Å². The highest BCUT2D eigenvalue weighted by Gasteiger charge is 2.44. The van der Waals surface area contributed by atoms with Gasteiger partial charge in [-0.2, -0.15) is 0 Å². The zero-order valence-corrected chi connectivity index (χ0v) is 15.5. The molecule has 162 valence electrons. The van der Waals surface area contributed by atoms with E-state index in [4.69, 9.17) is 0 Å². The Bertz CT molecular complexity index is 994. The third-order valence-electron chi connectivity index (χ3n) is 4.30. The monoisotopic (exact) mass is 474 g/mol. The lowest BCUT2D eigenvalue weighted by molar-refractivity contribution is 0.456. The van der Waals surface area contributed by atoms with E-state index in [1.54, 1.807) is 0 Å². The van der Waals surface area contributed by atoms with E-state index >= 15 is 0 Å². The summed E-state index contributed by atoms with van der Waals surface area (Å²) in [5.74, 6) is -28.0. The molecule has 31 heavy (non-hydrogen) atoms. The summed E-state index contributed by atoms with van der Waals surface area (Å²) in [7, 11) is 0. The molecule has 0 N–H and O–H groups in total. The molecule has 13 heteroatoms. The third kappa shape index (κ3) is 3.66. The number of halogens is 12. The van der Waals surface area contributed by atoms with E-state index in [1.807, 2.05) is 0 Å². The van der Waals surface area contributed by atoms with Gasteiger partial charge >= 0.3 is 14.1 Å². The van der Waals surface area contributed by atoms with Crippen molar-refractivity contribution >= 4 is 27.4 Å². The first kappa shape index (κ1) is 23.0. The molecule has 0 aromatic heterocycles. The summed E-state index contributed by atoms with van der Waals surface area (Å²) in [4.78, 5) is 0. The van der Waals surface area contributed by atoms with Crippen molar-refractivity contribution in [3.8, 4) is 0 Å². The van der Waals surface area contributed by atoms with Crippen molar-refractivity contribution < 1.29 is 52.7 Å². The lowest BCUT2D eigenvalue weighted by Gasteiger charge is -2.19. The van der Waals surface area contributed by atoms with Gasteiger partial charge in [-0.1, -0.05) is 0 Å². The molecule has 0 aliphatic carbocycles. The second-order valence-electron chi connectivity index (χ2n) is 6.08. The van der Waals surface area contributed by atoms with Gasteiger partial charge in [0.1, 0.15) is 34.9 Å². The van der Waals surface area contributed by atoms with E-state index in [2.05, 4.69) is 0 Å². The Morgan fingerprint density at radius 1 is 0.323 bits per heavy atom. The van der Waals surface area contributed by atoms with Crippen LogP contribution in [-0.4, -0.2) is 14.1 Å². The fourth-order valence-corrected chi connectivity index (χ4v) is 6.18. The van der Waals surface area contributed by atoms with Crippen molar-refractivity contribution in [2.24, 2.45) is 0 Å². The molecule has 0 fully saturated rings. The highest BCUT2D eigenvalue weighted by Crippen LogP contribution is 2.19. The van der Waals surface area contributed by atoms with Crippen LogP contribution in [0.1, 0.15) is 0 Å². The van der Waals surface area contributed by atoms with Crippen LogP contribution in [0.25, 0.3) is 0 Å². The maximum absolute atomic E-state index is 14.4. The molecule has 0 amide bonds. The Labute approximate surface area is 168 Å². The fourth-order valence-electron chi connectivity index (χ4n) is 2.97. The molecule has 0 spiro atoms. The van der Waals surface area contributed by atoms with Crippen molar-refractivity contribution in [3.05, 3.63) is 88.0 Å². The van der Waals surface area contributed by atoms with Crippen LogP contribution >= 0.6 is 0 Å². The van der Waals surface area contributed by atoms with Gasteiger partial charge in [0, 0.05) is 18.2 Å². The van der Waals surface area contributed by atoms with E-state index < -0.39 is 97.2 Å². The van der Waals surface area contributed by atoms with Crippen LogP contribution in [0.4, 0.5) is 52.7 Å². The van der Waals surface area contributed by atoms with Gasteiger partial charge in [0.25, 0.3) is 0 Å². The molecule has 0 heterocycles. The van der Waals surface area contributed by atoms with Crippen molar-refractivity contribution in [1.82, 2.24) is 0 Å². The average Bonchev–Trinajstić information content (AvgIpc) is 2.69. The van der Waals surface area contributed by atoms with Gasteiger partial charge in [-0.05, 0) is 13.3 Å². The highest BCUT2D eigenvalue weighted by atomic mass is 27.2. The van der Waals surface area contributed by atoms with Crippen molar-refractivity contribution in [2.75, 3.05) is 0 Å². The van der Waals surface area contributed by atoms with Crippen molar-refractivity contribution in [1.29, 1.82) is 0 Å². The molecule has 0 aliphatic heterocycles. The highest BCUT2D eigenvalue weighted by molar-refractivity contribution is 6.95. The van der Waals surface area contributed by atoms with Gasteiger partial charge in [0.2, 0.25) is 0 Å². The summed E-state index contributed by atoms with van der Waals surface area (Å²) in [5.41, 5.74) is 0. The lowest BCUT2D eigenvalue weighted by Crippen LogP contribution is -2.60. The fraction of sp³-hybridized carbons (Fsp3) is 0. The maximum Gasteiger partial charge on any atom is 0.413 e. The van der Waals surface area contributed by atoms with Crippen molar-refractivity contribution in [2.45, 2.75) is 0 Å². The molecule has 0 saturated carbocycles.